The fraction of sp³-hybridized carbons (Fsp3) is 0.846. The van der Waals surface area contributed by atoms with Gasteiger partial charge in [0.25, 0.3) is 0 Å². The van der Waals surface area contributed by atoms with E-state index in [0.717, 1.165) is 12.8 Å². The van der Waals surface area contributed by atoms with E-state index in [2.05, 4.69) is 19.2 Å². The summed E-state index contributed by atoms with van der Waals surface area (Å²) in [5.74, 6) is 0.141. The maximum absolute atomic E-state index is 11.9. The molecule has 0 aromatic carbocycles. The lowest BCUT2D eigenvalue weighted by Gasteiger charge is -2.34. The lowest BCUT2D eigenvalue weighted by molar-refractivity contribution is -0.139. The first-order chi connectivity index (χ1) is 8.95. The molecule has 0 radical (unpaired) electrons. The number of nitrogens with zero attached hydrogens (tertiary/aromatic N) is 1. The maximum Gasteiger partial charge on any atom is 0.326 e. The molecule has 1 atom stereocenters. The van der Waals surface area contributed by atoms with Crippen molar-refractivity contribution >= 4 is 12.0 Å². The molecule has 1 heterocycles. The molecule has 19 heavy (non-hydrogen) atoms. The highest BCUT2D eigenvalue weighted by molar-refractivity contribution is 5.82. The zero-order valence-electron chi connectivity index (χ0n) is 11.6. The summed E-state index contributed by atoms with van der Waals surface area (Å²) in [6.07, 6.45) is 1.95. The highest BCUT2D eigenvalue weighted by Gasteiger charge is 2.27. The number of urea groups is 1. The molecule has 0 saturated carbocycles. The van der Waals surface area contributed by atoms with Gasteiger partial charge in [0.15, 0.2) is 0 Å². The summed E-state index contributed by atoms with van der Waals surface area (Å²) in [6, 6.07) is -1.36. The monoisotopic (exact) mass is 272 g/mol. The van der Waals surface area contributed by atoms with E-state index >= 15 is 0 Å². The third kappa shape index (κ3) is 4.70. The number of carbonyl (C=O) groups excluding carboxylic acids is 1. The van der Waals surface area contributed by atoms with Gasteiger partial charge in [-0.3, -0.25) is 0 Å². The van der Waals surface area contributed by atoms with Crippen LogP contribution >= 0.6 is 0 Å². The lowest BCUT2D eigenvalue weighted by Crippen LogP contribution is -2.50. The molecular weight excluding hydrogens is 248 g/mol. The summed E-state index contributed by atoms with van der Waals surface area (Å²) in [5, 5.41) is 20.2. The van der Waals surface area contributed by atoms with Crippen LogP contribution in [0.5, 0.6) is 0 Å². The fourth-order valence-electron chi connectivity index (χ4n) is 2.40. The third-order valence-corrected chi connectivity index (χ3v) is 3.78. The molecular formula is C13H24N2O4. The van der Waals surface area contributed by atoms with Crippen molar-refractivity contribution in [1.29, 1.82) is 0 Å². The molecule has 0 aromatic rings. The number of hydrogen-bond donors (Lipinski definition) is 3. The van der Waals surface area contributed by atoms with Crippen molar-refractivity contribution in [2.24, 2.45) is 11.8 Å². The van der Waals surface area contributed by atoms with Crippen molar-refractivity contribution in [2.45, 2.75) is 39.2 Å². The molecule has 6 heteroatoms. The molecule has 6 nitrogen and oxygen atoms in total. The van der Waals surface area contributed by atoms with Crippen LogP contribution in [0, 0.1) is 11.8 Å². The molecule has 0 bridgehead atoms. The Hall–Kier alpha value is -1.30. The summed E-state index contributed by atoms with van der Waals surface area (Å²) >= 11 is 0. The van der Waals surface area contributed by atoms with Gasteiger partial charge in [0.2, 0.25) is 0 Å². The SMILES string of the molecule is CC(C)C1CCN(C(=O)N[C@@H](CCO)C(=O)O)CC1. The van der Waals surface area contributed by atoms with Crippen LogP contribution in [0.25, 0.3) is 0 Å². The molecule has 3 N–H and O–H groups in total. The molecule has 0 spiro atoms. The second-order valence-corrected chi connectivity index (χ2v) is 5.42. The van der Waals surface area contributed by atoms with E-state index in [0.29, 0.717) is 24.9 Å². The molecule has 0 aromatic heterocycles. The number of likely N-dealkylation sites (tertiary alicyclic amines) is 1. The minimum absolute atomic E-state index is 0.0313. The van der Waals surface area contributed by atoms with Gasteiger partial charge in [0.1, 0.15) is 6.04 Å². The first-order valence-electron chi connectivity index (χ1n) is 6.84. The normalized spacial score (nSPS) is 18.4. The Kier molecular flexibility index (Phi) is 6.08. The Labute approximate surface area is 113 Å². The molecule has 2 amide bonds. The van der Waals surface area contributed by atoms with Gasteiger partial charge in [-0.2, -0.15) is 0 Å². The highest BCUT2D eigenvalue weighted by Crippen LogP contribution is 2.24. The Bertz CT molecular complexity index is 312. The smallest absolute Gasteiger partial charge is 0.326 e. The lowest BCUT2D eigenvalue weighted by atomic mass is 9.87. The van der Waals surface area contributed by atoms with E-state index in [9.17, 15) is 9.59 Å². The molecule has 0 aliphatic carbocycles. The van der Waals surface area contributed by atoms with Crippen molar-refractivity contribution in [3.05, 3.63) is 0 Å². The highest BCUT2D eigenvalue weighted by atomic mass is 16.4. The number of aliphatic hydroxyl groups is 1. The molecule has 1 saturated heterocycles. The zero-order valence-corrected chi connectivity index (χ0v) is 11.6. The van der Waals surface area contributed by atoms with Gasteiger partial charge in [0.05, 0.1) is 0 Å². The number of hydrogen-bond acceptors (Lipinski definition) is 3. The second kappa shape index (κ2) is 7.33. The Balaban J connectivity index is 2.44. The Morgan fingerprint density at radius 2 is 1.89 bits per heavy atom. The summed E-state index contributed by atoms with van der Waals surface area (Å²) in [5.41, 5.74) is 0. The van der Waals surface area contributed by atoms with Gasteiger partial charge in [-0.05, 0) is 24.7 Å². The number of amides is 2. The molecule has 1 rings (SSSR count). The van der Waals surface area contributed by atoms with Gasteiger partial charge >= 0.3 is 12.0 Å². The van der Waals surface area contributed by atoms with E-state index in [4.69, 9.17) is 10.2 Å². The standard InChI is InChI=1S/C13H24N2O4/c1-9(2)10-3-6-15(7-4-10)13(19)14-11(5-8-16)12(17)18/h9-11,16H,3-8H2,1-2H3,(H,14,19)(H,17,18)/t11-/m0/s1. The first kappa shape index (κ1) is 15.8. The number of carboxylic acids is 1. The molecule has 0 unspecified atom stereocenters. The van der Waals surface area contributed by atoms with E-state index in [1.165, 1.54) is 0 Å². The van der Waals surface area contributed by atoms with Crippen LogP contribution in [-0.2, 0) is 4.79 Å². The molecule has 1 aliphatic rings. The number of piperidine rings is 1. The molecule has 1 aliphatic heterocycles. The van der Waals surface area contributed by atoms with Crippen molar-refractivity contribution in [3.8, 4) is 0 Å². The molecule has 1 fully saturated rings. The fourth-order valence-corrected chi connectivity index (χ4v) is 2.40. The van der Waals surface area contributed by atoms with Crippen LogP contribution in [0.2, 0.25) is 0 Å². The largest absolute Gasteiger partial charge is 0.480 e. The van der Waals surface area contributed by atoms with Crippen molar-refractivity contribution < 1.29 is 19.8 Å². The Morgan fingerprint density at radius 3 is 2.32 bits per heavy atom. The van der Waals surface area contributed by atoms with E-state index < -0.39 is 12.0 Å². The Morgan fingerprint density at radius 1 is 1.32 bits per heavy atom. The average molecular weight is 272 g/mol. The summed E-state index contributed by atoms with van der Waals surface area (Å²) in [7, 11) is 0. The van der Waals surface area contributed by atoms with Gasteiger partial charge in [-0.15, -0.1) is 0 Å². The van der Waals surface area contributed by atoms with Crippen LogP contribution in [0.15, 0.2) is 0 Å². The number of rotatable bonds is 5. The number of aliphatic hydroxyl groups excluding tert-OH is 1. The average Bonchev–Trinajstić information content (AvgIpc) is 2.38. The topological polar surface area (TPSA) is 89.9 Å². The molecule has 110 valence electrons. The van der Waals surface area contributed by atoms with Crippen LogP contribution < -0.4 is 5.32 Å². The second-order valence-electron chi connectivity index (χ2n) is 5.42. The van der Waals surface area contributed by atoms with Crippen molar-refractivity contribution in [1.82, 2.24) is 10.2 Å². The summed E-state index contributed by atoms with van der Waals surface area (Å²) < 4.78 is 0. The quantitative estimate of drug-likeness (QED) is 0.693. The third-order valence-electron chi connectivity index (χ3n) is 3.78. The van der Waals surface area contributed by atoms with Crippen LogP contribution in [0.1, 0.15) is 33.1 Å². The number of aliphatic carboxylic acids is 1. The minimum atomic E-state index is -1.11. The van der Waals surface area contributed by atoms with Gasteiger partial charge in [0, 0.05) is 26.1 Å². The maximum atomic E-state index is 11.9. The van der Waals surface area contributed by atoms with Crippen LogP contribution in [0.3, 0.4) is 0 Å². The first-order valence-corrected chi connectivity index (χ1v) is 6.84. The minimum Gasteiger partial charge on any atom is -0.480 e. The van der Waals surface area contributed by atoms with Crippen molar-refractivity contribution in [2.75, 3.05) is 19.7 Å². The van der Waals surface area contributed by atoms with E-state index in [1.807, 2.05) is 0 Å². The predicted octanol–water partition coefficient (Wildman–Crippen LogP) is 0.900. The van der Waals surface area contributed by atoms with Crippen LogP contribution in [0.4, 0.5) is 4.79 Å². The zero-order chi connectivity index (χ0) is 14.4. The number of carboxylic acid groups (broad SMARTS) is 1. The summed E-state index contributed by atoms with van der Waals surface area (Å²) in [6.45, 7) is 5.44. The number of nitrogens with one attached hydrogen (secondary N) is 1. The van der Waals surface area contributed by atoms with E-state index in [1.54, 1.807) is 4.90 Å². The van der Waals surface area contributed by atoms with Gasteiger partial charge < -0.3 is 20.4 Å². The van der Waals surface area contributed by atoms with Gasteiger partial charge in [-0.25, -0.2) is 9.59 Å². The van der Waals surface area contributed by atoms with Gasteiger partial charge in [-0.1, -0.05) is 13.8 Å². The van der Waals surface area contributed by atoms with Crippen molar-refractivity contribution in [3.63, 3.8) is 0 Å². The summed E-state index contributed by atoms with van der Waals surface area (Å²) in [4.78, 5) is 24.5. The number of carbonyl (C=O) groups is 2. The van der Waals surface area contributed by atoms with E-state index in [-0.39, 0.29) is 19.1 Å². The van der Waals surface area contributed by atoms with Crippen LogP contribution in [-0.4, -0.2) is 52.9 Å². The predicted molar refractivity (Wildman–Crippen MR) is 70.8 cm³/mol.